The number of nitro groups is 1. The van der Waals surface area contributed by atoms with Crippen LogP contribution >= 0.6 is 0 Å². The summed E-state index contributed by atoms with van der Waals surface area (Å²) in [6.07, 6.45) is 1.37. The van der Waals surface area contributed by atoms with Crippen molar-refractivity contribution in [1.29, 1.82) is 5.26 Å². The van der Waals surface area contributed by atoms with Gasteiger partial charge in [0.1, 0.15) is 17.6 Å². The number of rotatable bonds is 3. The number of allylic oxidation sites excluding steroid dienone is 1. The molecular weight excluding hydrogens is 308 g/mol. The highest BCUT2D eigenvalue weighted by molar-refractivity contribution is 5.91. The molecule has 0 amide bonds. The van der Waals surface area contributed by atoms with Crippen LogP contribution in [-0.2, 0) is 0 Å². The minimum atomic E-state index is -0.563. The van der Waals surface area contributed by atoms with Crippen LogP contribution in [0.25, 0.3) is 22.7 Å². The molecule has 0 saturated heterocycles. The van der Waals surface area contributed by atoms with Crippen LogP contribution in [0, 0.1) is 28.4 Å². The lowest BCUT2D eigenvalue weighted by Gasteiger charge is -2.00. The Balaban J connectivity index is 2.10. The number of non-ortho nitro benzene ring substituents is 1. The zero-order valence-corrected chi connectivity index (χ0v) is 12.6. The van der Waals surface area contributed by atoms with Crippen molar-refractivity contribution in [2.24, 2.45) is 0 Å². The molecule has 0 aliphatic heterocycles. The predicted molar refractivity (Wildman–Crippen MR) is 89.1 cm³/mol. The molecule has 2 N–H and O–H groups in total. The van der Waals surface area contributed by atoms with Gasteiger partial charge in [-0.3, -0.25) is 10.1 Å². The standard InChI is InChI=1S/C17H12N4O3/c1-10-2-4-14-15(6-10)20-17(19-14)12(9-18)7-11-8-13(21(23)24)3-5-16(11)22/h2-8,22H,1H3,(H,19,20). The molecule has 0 atom stereocenters. The van der Waals surface area contributed by atoms with E-state index in [0.717, 1.165) is 11.1 Å². The van der Waals surface area contributed by atoms with Crippen molar-refractivity contribution in [3.05, 3.63) is 63.5 Å². The quantitative estimate of drug-likeness (QED) is 0.435. The van der Waals surface area contributed by atoms with E-state index in [1.54, 1.807) is 0 Å². The van der Waals surface area contributed by atoms with Gasteiger partial charge < -0.3 is 10.1 Å². The van der Waals surface area contributed by atoms with Crippen molar-refractivity contribution < 1.29 is 10.0 Å². The van der Waals surface area contributed by atoms with Gasteiger partial charge in [-0.2, -0.15) is 5.26 Å². The number of aromatic nitrogens is 2. The van der Waals surface area contributed by atoms with Crippen LogP contribution in [0.5, 0.6) is 5.75 Å². The number of phenolic OH excluding ortho intramolecular Hbond substituents is 1. The van der Waals surface area contributed by atoms with Crippen LogP contribution in [0.1, 0.15) is 17.0 Å². The van der Waals surface area contributed by atoms with Gasteiger partial charge in [0.05, 0.1) is 21.5 Å². The third kappa shape index (κ3) is 2.80. The molecule has 0 fully saturated rings. The highest BCUT2D eigenvalue weighted by Crippen LogP contribution is 2.27. The highest BCUT2D eigenvalue weighted by atomic mass is 16.6. The van der Waals surface area contributed by atoms with E-state index in [-0.39, 0.29) is 22.6 Å². The first-order valence-electron chi connectivity index (χ1n) is 7.04. The lowest BCUT2D eigenvalue weighted by molar-refractivity contribution is -0.384. The minimum Gasteiger partial charge on any atom is -0.507 e. The van der Waals surface area contributed by atoms with Crippen LogP contribution in [-0.4, -0.2) is 20.0 Å². The van der Waals surface area contributed by atoms with Crippen molar-refractivity contribution in [3.8, 4) is 11.8 Å². The average molecular weight is 320 g/mol. The van der Waals surface area contributed by atoms with Gasteiger partial charge in [-0.05, 0) is 36.8 Å². The Morgan fingerprint density at radius 2 is 2.17 bits per heavy atom. The molecule has 0 aliphatic carbocycles. The molecule has 1 aromatic heterocycles. The van der Waals surface area contributed by atoms with Crippen molar-refractivity contribution in [3.63, 3.8) is 0 Å². The van der Waals surface area contributed by atoms with Gasteiger partial charge in [-0.1, -0.05) is 6.07 Å². The van der Waals surface area contributed by atoms with Crippen LogP contribution < -0.4 is 0 Å². The van der Waals surface area contributed by atoms with E-state index in [2.05, 4.69) is 9.97 Å². The van der Waals surface area contributed by atoms with E-state index in [1.807, 2.05) is 31.2 Å². The second-order valence-electron chi connectivity index (χ2n) is 5.28. The number of nitro benzene ring substituents is 1. The van der Waals surface area contributed by atoms with Gasteiger partial charge in [0.15, 0.2) is 0 Å². The molecule has 0 unspecified atom stereocenters. The van der Waals surface area contributed by atoms with E-state index in [0.29, 0.717) is 11.3 Å². The van der Waals surface area contributed by atoms with Crippen molar-refractivity contribution in [2.75, 3.05) is 0 Å². The maximum absolute atomic E-state index is 10.9. The summed E-state index contributed by atoms with van der Waals surface area (Å²) in [6.45, 7) is 1.95. The second-order valence-corrected chi connectivity index (χ2v) is 5.28. The van der Waals surface area contributed by atoms with Gasteiger partial charge in [0.25, 0.3) is 5.69 Å². The van der Waals surface area contributed by atoms with Crippen LogP contribution in [0.4, 0.5) is 5.69 Å². The van der Waals surface area contributed by atoms with Crippen LogP contribution in [0.2, 0.25) is 0 Å². The maximum Gasteiger partial charge on any atom is 0.270 e. The molecule has 2 aromatic carbocycles. The van der Waals surface area contributed by atoms with Crippen LogP contribution in [0.15, 0.2) is 36.4 Å². The number of aromatic amines is 1. The van der Waals surface area contributed by atoms with Crippen molar-refractivity contribution in [1.82, 2.24) is 9.97 Å². The normalized spacial score (nSPS) is 11.4. The summed E-state index contributed by atoms with van der Waals surface area (Å²) in [5, 5.41) is 30.1. The second kappa shape index (κ2) is 5.85. The Hall–Kier alpha value is -3.66. The molecule has 0 aliphatic rings. The molecule has 7 nitrogen and oxygen atoms in total. The number of hydrogen-bond acceptors (Lipinski definition) is 5. The number of phenols is 1. The molecule has 7 heteroatoms. The summed E-state index contributed by atoms with van der Waals surface area (Å²) in [4.78, 5) is 17.7. The Labute approximate surface area is 136 Å². The first-order valence-corrected chi connectivity index (χ1v) is 7.04. The van der Waals surface area contributed by atoms with Gasteiger partial charge >= 0.3 is 0 Å². The van der Waals surface area contributed by atoms with Gasteiger partial charge in [0, 0.05) is 17.7 Å². The van der Waals surface area contributed by atoms with Crippen molar-refractivity contribution in [2.45, 2.75) is 6.92 Å². The van der Waals surface area contributed by atoms with Gasteiger partial charge in [0.2, 0.25) is 0 Å². The molecule has 0 bridgehead atoms. The molecule has 0 spiro atoms. The number of fused-ring (bicyclic) bond motifs is 1. The van der Waals surface area contributed by atoms with E-state index < -0.39 is 4.92 Å². The summed E-state index contributed by atoms with van der Waals surface area (Å²) in [5.74, 6) is 0.185. The smallest absolute Gasteiger partial charge is 0.270 e. The average Bonchev–Trinajstić information content (AvgIpc) is 2.96. The molecule has 1 heterocycles. The number of aromatic hydroxyl groups is 1. The van der Waals surface area contributed by atoms with Crippen molar-refractivity contribution >= 4 is 28.4 Å². The van der Waals surface area contributed by atoms with E-state index >= 15 is 0 Å². The maximum atomic E-state index is 10.9. The van der Waals surface area contributed by atoms with Gasteiger partial charge in [-0.15, -0.1) is 0 Å². The number of benzene rings is 2. The fourth-order valence-electron chi connectivity index (χ4n) is 2.33. The number of H-pyrrole nitrogens is 1. The topological polar surface area (TPSA) is 116 Å². The molecule has 3 aromatic rings. The fourth-order valence-corrected chi connectivity index (χ4v) is 2.33. The van der Waals surface area contributed by atoms with E-state index in [4.69, 9.17) is 0 Å². The SMILES string of the molecule is Cc1ccc2nc(C(C#N)=Cc3cc([N+](=O)[O-])ccc3O)[nH]c2c1. The molecule has 118 valence electrons. The number of nitrogens with zero attached hydrogens (tertiary/aromatic N) is 3. The fraction of sp³-hybridized carbons (Fsp3) is 0.0588. The molecule has 3 rings (SSSR count). The first-order chi connectivity index (χ1) is 11.5. The number of hydrogen-bond donors (Lipinski definition) is 2. The van der Waals surface area contributed by atoms with E-state index in [1.165, 1.54) is 24.3 Å². The van der Waals surface area contributed by atoms with Crippen LogP contribution in [0.3, 0.4) is 0 Å². The summed E-state index contributed by atoms with van der Waals surface area (Å²) in [7, 11) is 0. The summed E-state index contributed by atoms with van der Waals surface area (Å²) >= 11 is 0. The molecular formula is C17H12N4O3. The number of imidazole rings is 1. The predicted octanol–water partition coefficient (Wildman–Crippen LogP) is 3.55. The lowest BCUT2D eigenvalue weighted by Crippen LogP contribution is -1.89. The van der Waals surface area contributed by atoms with E-state index in [9.17, 15) is 20.5 Å². The Bertz CT molecular complexity index is 1030. The third-order valence-corrected chi connectivity index (χ3v) is 3.53. The molecule has 0 radical (unpaired) electrons. The summed E-state index contributed by atoms with van der Waals surface area (Å²) in [5.41, 5.74) is 2.72. The Morgan fingerprint density at radius 1 is 1.38 bits per heavy atom. The number of nitriles is 1. The number of aryl methyl sites for hydroxylation is 1. The molecule has 0 saturated carbocycles. The zero-order valence-electron chi connectivity index (χ0n) is 12.6. The summed E-state index contributed by atoms with van der Waals surface area (Å²) < 4.78 is 0. The Kier molecular flexibility index (Phi) is 3.72. The lowest BCUT2D eigenvalue weighted by atomic mass is 10.1. The Morgan fingerprint density at radius 3 is 2.88 bits per heavy atom. The minimum absolute atomic E-state index is 0.152. The van der Waals surface area contributed by atoms with Gasteiger partial charge in [-0.25, -0.2) is 4.98 Å². The highest BCUT2D eigenvalue weighted by Gasteiger charge is 2.12. The first kappa shape index (κ1) is 15.2. The molecule has 24 heavy (non-hydrogen) atoms. The third-order valence-electron chi connectivity index (χ3n) is 3.53. The zero-order chi connectivity index (χ0) is 17.3. The largest absolute Gasteiger partial charge is 0.507 e. The number of nitrogens with one attached hydrogen (secondary N) is 1. The monoisotopic (exact) mass is 320 g/mol. The summed E-state index contributed by atoms with van der Waals surface area (Å²) in [6, 6.07) is 11.3.